The fraction of sp³-hybridized carbons (Fsp3) is 0.333. The largest absolute Gasteiger partial charge is 1.00 e. The van der Waals surface area contributed by atoms with Crippen LogP contribution in [0.1, 0.15) is 60.0 Å². The summed E-state index contributed by atoms with van der Waals surface area (Å²) in [6, 6.07) is 21.0. The molecule has 2 aromatic carbocycles. The molecule has 2 aliphatic carbocycles. The van der Waals surface area contributed by atoms with Gasteiger partial charge in [-0.3, -0.25) is 0 Å². The molecule has 0 amide bonds. The Balaban J connectivity index is 0.00000196. The summed E-state index contributed by atoms with van der Waals surface area (Å²) in [5.74, 6) is 0. The van der Waals surface area contributed by atoms with Gasteiger partial charge in [-0.15, -0.1) is 0 Å². The van der Waals surface area contributed by atoms with E-state index in [1.54, 1.807) is 11.1 Å². The molecule has 2 aromatic rings. The third-order valence-corrected chi connectivity index (χ3v) is 12.6. The van der Waals surface area contributed by atoms with Gasteiger partial charge in [-0.25, -0.2) is 0 Å². The minimum absolute atomic E-state index is 0. The predicted molar refractivity (Wildman–Crippen MR) is 112 cm³/mol. The maximum absolute atomic E-state index is 2.55. The van der Waals surface area contributed by atoms with Gasteiger partial charge < -0.3 is 0 Å². The van der Waals surface area contributed by atoms with Crippen LogP contribution in [0, 0.1) is 0 Å². The van der Waals surface area contributed by atoms with E-state index in [1.807, 2.05) is 0 Å². The Bertz CT molecular complexity index is 751. The van der Waals surface area contributed by atoms with Crippen molar-refractivity contribution in [3.8, 4) is 0 Å². The van der Waals surface area contributed by atoms with Crippen molar-refractivity contribution in [2.24, 2.45) is 0 Å². The summed E-state index contributed by atoms with van der Waals surface area (Å²) in [6.45, 7) is 4.76. The molecule has 2 atom stereocenters. The van der Waals surface area contributed by atoms with Gasteiger partial charge in [0.15, 0.2) is 0 Å². The molecular weight excluding hydrogens is 339 g/mol. The van der Waals surface area contributed by atoms with Gasteiger partial charge in [0.2, 0.25) is 0 Å². The average molecular weight is 368 g/mol. The van der Waals surface area contributed by atoms with Crippen molar-refractivity contribution in [2.45, 2.75) is 49.9 Å². The summed E-state index contributed by atoms with van der Waals surface area (Å²) in [5, 5.41) is 0. The first-order valence-corrected chi connectivity index (χ1v) is 12.4. The summed E-state index contributed by atoms with van der Waals surface area (Å²) in [5.41, 5.74) is 7.40. The molecule has 0 heterocycles. The van der Waals surface area contributed by atoms with E-state index in [9.17, 15) is 0 Å². The second-order valence-electron chi connectivity index (χ2n) is 7.66. The molecule has 0 N–H and O–H groups in total. The topological polar surface area (TPSA) is 0 Å². The van der Waals surface area contributed by atoms with Crippen molar-refractivity contribution in [1.29, 1.82) is 0 Å². The summed E-state index contributed by atoms with van der Waals surface area (Å²) >= 11 is 0. The van der Waals surface area contributed by atoms with E-state index < -0.39 is 8.07 Å². The Hall–Kier alpha value is -0.863. The SMILES string of the molecule is CCC[Si](CCC)(C1C=Cc2ccccc21)C1C=Cc2ccccc21.[Na+]. The van der Waals surface area contributed by atoms with Gasteiger partial charge in [-0.2, -0.15) is 0 Å². The van der Waals surface area contributed by atoms with Gasteiger partial charge in [-0.05, 0) is 33.3 Å². The van der Waals surface area contributed by atoms with E-state index in [0.29, 0.717) is 11.1 Å². The second kappa shape index (κ2) is 8.44. The van der Waals surface area contributed by atoms with Crippen molar-refractivity contribution in [3.05, 3.63) is 82.9 Å². The molecule has 0 fully saturated rings. The van der Waals surface area contributed by atoms with Gasteiger partial charge in [0.05, 0.1) is 8.07 Å². The van der Waals surface area contributed by atoms with Crippen LogP contribution in [0.3, 0.4) is 0 Å². The van der Waals surface area contributed by atoms with Gasteiger partial charge in [0.1, 0.15) is 0 Å². The second-order valence-corrected chi connectivity index (χ2v) is 12.4. The maximum Gasteiger partial charge on any atom is 1.00 e. The Kier molecular flexibility index (Phi) is 6.45. The molecule has 0 radical (unpaired) electrons. The Morgan fingerprint density at radius 2 is 1.12 bits per heavy atom. The number of hydrogen-bond acceptors (Lipinski definition) is 0. The summed E-state index contributed by atoms with van der Waals surface area (Å²) in [6.07, 6.45) is 12.5. The first-order chi connectivity index (χ1) is 12.3. The molecule has 2 unspecified atom stereocenters. The Labute approximate surface area is 181 Å². The first kappa shape index (κ1) is 19.9. The minimum Gasteiger partial charge on any atom is -0.0791 e. The van der Waals surface area contributed by atoms with Crippen LogP contribution in [0.25, 0.3) is 12.2 Å². The normalized spacial score (nSPS) is 19.9. The standard InChI is InChI=1S/C24H28Si.Na/c1-3-17-25(18-4-2,23-15-13-19-9-5-7-11-21(19)23)24-16-14-20-10-6-8-12-22(20)24;/h5-16,23-24H,3-4,17-18H2,1-2H3;/q;+1. The molecule has 0 aliphatic heterocycles. The number of benzene rings is 2. The van der Waals surface area contributed by atoms with Crippen LogP contribution >= 0.6 is 0 Å². The van der Waals surface area contributed by atoms with Crippen LogP contribution in [-0.2, 0) is 0 Å². The smallest absolute Gasteiger partial charge is 0.0791 e. The molecule has 2 heteroatoms. The monoisotopic (exact) mass is 367 g/mol. The molecule has 0 saturated heterocycles. The van der Waals surface area contributed by atoms with Crippen molar-refractivity contribution >= 4 is 20.2 Å². The number of hydrogen-bond donors (Lipinski definition) is 0. The molecule has 0 nitrogen and oxygen atoms in total. The summed E-state index contributed by atoms with van der Waals surface area (Å²) in [7, 11) is -1.61. The zero-order valence-corrected chi connectivity index (χ0v) is 19.4. The van der Waals surface area contributed by atoms with Crippen LogP contribution in [0.2, 0.25) is 12.1 Å². The third-order valence-electron chi connectivity index (χ3n) is 6.27. The van der Waals surface area contributed by atoms with Gasteiger partial charge in [0, 0.05) is 0 Å². The zero-order valence-electron chi connectivity index (χ0n) is 16.4. The maximum atomic E-state index is 2.55. The van der Waals surface area contributed by atoms with Gasteiger partial charge in [0.25, 0.3) is 0 Å². The quantitative estimate of drug-likeness (QED) is 0.678. The molecule has 0 aromatic heterocycles. The summed E-state index contributed by atoms with van der Waals surface area (Å²) < 4.78 is 0. The molecule has 26 heavy (non-hydrogen) atoms. The van der Waals surface area contributed by atoms with Crippen molar-refractivity contribution in [1.82, 2.24) is 0 Å². The van der Waals surface area contributed by atoms with Crippen LogP contribution in [0.5, 0.6) is 0 Å². The van der Waals surface area contributed by atoms with Crippen molar-refractivity contribution in [3.63, 3.8) is 0 Å². The van der Waals surface area contributed by atoms with Gasteiger partial charge in [-0.1, -0.05) is 112 Å². The number of rotatable bonds is 6. The van der Waals surface area contributed by atoms with E-state index in [2.05, 4.69) is 86.7 Å². The van der Waals surface area contributed by atoms with E-state index in [1.165, 1.54) is 36.1 Å². The molecular formula is C24H28NaSi+. The molecule has 0 saturated carbocycles. The summed E-state index contributed by atoms with van der Waals surface area (Å²) in [4.78, 5) is 0. The van der Waals surface area contributed by atoms with Crippen molar-refractivity contribution < 1.29 is 29.6 Å². The fourth-order valence-electron chi connectivity index (χ4n) is 5.37. The van der Waals surface area contributed by atoms with E-state index in [0.717, 1.165) is 0 Å². The number of fused-ring (bicyclic) bond motifs is 2. The predicted octanol–water partition coefficient (Wildman–Crippen LogP) is 3.96. The van der Waals surface area contributed by atoms with Crippen LogP contribution < -0.4 is 29.6 Å². The van der Waals surface area contributed by atoms with Crippen LogP contribution in [0.4, 0.5) is 0 Å². The Morgan fingerprint density at radius 3 is 1.54 bits per heavy atom. The molecule has 2 aliphatic rings. The van der Waals surface area contributed by atoms with Crippen molar-refractivity contribution in [2.75, 3.05) is 0 Å². The average Bonchev–Trinajstić information content (AvgIpc) is 3.26. The van der Waals surface area contributed by atoms with E-state index in [-0.39, 0.29) is 29.6 Å². The Morgan fingerprint density at radius 1 is 0.692 bits per heavy atom. The molecule has 0 spiro atoms. The first-order valence-electron chi connectivity index (χ1n) is 9.84. The van der Waals surface area contributed by atoms with E-state index in [4.69, 9.17) is 0 Å². The number of allylic oxidation sites excluding steroid dienone is 2. The molecule has 4 rings (SSSR count). The van der Waals surface area contributed by atoms with Crippen LogP contribution in [0.15, 0.2) is 60.7 Å². The zero-order chi connectivity index (χ0) is 17.3. The molecule has 128 valence electrons. The van der Waals surface area contributed by atoms with Gasteiger partial charge >= 0.3 is 29.6 Å². The van der Waals surface area contributed by atoms with E-state index >= 15 is 0 Å². The minimum atomic E-state index is -1.61. The molecule has 0 bridgehead atoms. The van der Waals surface area contributed by atoms with Crippen LogP contribution in [-0.4, -0.2) is 8.07 Å². The fourth-order valence-corrected chi connectivity index (χ4v) is 11.8. The third kappa shape index (κ3) is 3.24.